The molecule has 1 aliphatic heterocycles. The zero-order valence-corrected chi connectivity index (χ0v) is 10.8. The molecule has 0 aliphatic carbocycles. The van der Waals surface area contributed by atoms with Crippen LogP contribution in [0.3, 0.4) is 0 Å². The Balaban J connectivity index is 1.83. The van der Waals surface area contributed by atoms with Gasteiger partial charge in [0.1, 0.15) is 0 Å². The van der Waals surface area contributed by atoms with Gasteiger partial charge in [-0.15, -0.1) is 0 Å². The maximum Gasteiger partial charge on any atom is 0.240 e. The number of rotatable bonds is 5. The van der Waals surface area contributed by atoms with Gasteiger partial charge in [0.15, 0.2) is 5.82 Å². The van der Waals surface area contributed by atoms with Crippen LogP contribution in [-0.4, -0.2) is 40.7 Å². The van der Waals surface area contributed by atoms with Crippen LogP contribution in [0, 0.1) is 6.92 Å². The minimum Gasteiger partial charge on any atom is -0.338 e. The minimum atomic E-state index is 0.618. The summed E-state index contributed by atoms with van der Waals surface area (Å²) >= 11 is 0. The van der Waals surface area contributed by atoms with Gasteiger partial charge in [-0.2, -0.15) is 4.98 Å². The Kier molecular flexibility index (Phi) is 4.50. The van der Waals surface area contributed by atoms with Crippen LogP contribution in [0.5, 0.6) is 0 Å². The predicted molar refractivity (Wildman–Crippen MR) is 65.6 cm³/mol. The Bertz CT molecular complexity index is 333. The zero-order valence-electron chi connectivity index (χ0n) is 10.8. The van der Waals surface area contributed by atoms with E-state index in [9.17, 15) is 0 Å². The molecule has 1 aromatic rings. The highest BCUT2D eigenvalue weighted by Gasteiger charge is 2.17. The molecule has 0 aromatic carbocycles. The van der Waals surface area contributed by atoms with Crippen molar-refractivity contribution in [3.05, 3.63) is 11.7 Å². The Morgan fingerprint density at radius 1 is 1.47 bits per heavy atom. The van der Waals surface area contributed by atoms with E-state index >= 15 is 0 Å². The van der Waals surface area contributed by atoms with Crippen LogP contribution in [0.4, 0.5) is 0 Å². The molecule has 1 aliphatic rings. The zero-order chi connectivity index (χ0) is 12.1. The van der Waals surface area contributed by atoms with E-state index in [1.54, 1.807) is 0 Å². The van der Waals surface area contributed by atoms with Crippen LogP contribution >= 0.6 is 0 Å². The number of likely N-dealkylation sites (N-methyl/N-ethyl adjacent to an activating group) is 1. The van der Waals surface area contributed by atoms with Crippen molar-refractivity contribution in [3.8, 4) is 0 Å². The van der Waals surface area contributed by atoms with E-state index < -0.39 is 0 Å². The molecule has 1 saturated heterocycles. The Labute approximate surface area is 103 Å². The van der Waals surface area contributed by atoms with Gasteiger partial charge in [0, 0.05) is 12.6 Å². The molecule has 0 spiro atoms. The number of piperidine rings is 1. The lowest BCUT2D eigenvalue weighted by atomic mass is 10.0. The largest absolute Gasteiger partial charge is 0.338 e. The normalized spacial score (nSPS) is 21.0. The van der Waals surface area contributed by atoms with E-state index in [4.69, 9.17) is 4.52 Å². The Hall–Kier alpha value is -0.940. The molecule has 5 nitrogen and oxygen atoms in total. The van der Waals surface area contributed by atoms with E-state index in [2.05, 4.69) is 27.3 Å². The van der Waals surface area contributed by atoms with Gasteiger partial charge in [-0.05, 0) is 32.9 Å². The summed E-state index contributed by atoms with van der Waals surface area (Å²) in [6.07, 6.45) is 3.93. The van der Waals surface area contributed by atoms with Crippen molar-refractivity contribution < 1.29 is 4.52 Å². The number of nitrogens with zero attached hydrogens (tertiary/aromatic N) is 3. The molecule has 0 bridgehead atoms. The van der Waals surface area contributed by atoms with Crippen LogP contribution in [0.1, 0.15) is 37.9 Å². The molecule has 0 saturated carbocycles. The fourth-order valence-electron chi connectivity index (χ4n) is 2.29. The van der Waals surface area contributed by atoms with E-state index in [1.165, 1.54) is 19.3 Å². The molecular weight excluding hydrogens is 216 g/mol. The predicted octanol–water partition coefficient (Wildman–Crippen LogP) is 1.34. The van der Waals surface area contributed by atoms with Crippen LogP contribution in [-0.2, 0) is 6.54 Å². The molecule has 0 amide bonds. The summed E-state index contributed by atoms with van der Waals surface area (Å²) in [4.78, 5) is 6.61. The molecule has 96 valence electrons. The highest BCUT2D eigenvalue weighted by molar-refractivity contribution is 4.84. The maximum absolute atomic E-state index is 5.16. The fraction of sp³-hybridized carbons (Fsp3) is 0.833. The van der Waals surface area contributed by atoms with Gasteiger partial charge in [-0.25, -0.2) is 0 Å². The van der Waals surface area contributed by atoms with Gasteiger partial charge in [-0.1, -0.05) is 18.5 Å². The van der Waals surface area contributed by atoms with Crippen molar-refractivity contribution in [3.63, 3.8) is 0 Å². The first-order valence-electron chi connectivity index (χ1n) is 6.53. The number of hydrogen-bond acceptors (Lipinski definition) is 5. The third kappa shape index (κ3) is 3.78. The molecule has 2 rings (SSSR count). The molecule has 1 unspecified atom stereocenters. The first-order chi connectivity index (χ1) is 8.28. The summed E-state index contributed by atoms with van der Waals surface area (Å²) in [5.41, 5.74) is 0. The highest BCUT2D eigenvalue weighted by atomic mass is 16.5. The van der Waals surface area contributed by atoms with E-state index in [1.807, 2.05) is 6.92 Å². The lowest BCUT2D eigenvalue weighted by Crippen LogP contribution is -2.43. The summed E-state index contributed by atoms with van der Waals surface area (Å²) < 4.78 is 5.16. The van der Waals surface area contributed by atoms with Crippen molar-refractivity contribution >= 4 is 0 Å². The van der Waals surface area contributed by atoms with Crippen molar-refractivity contribution in [2.75, 3.05) is 19.6 Å². The molecule has 5 heteroatoms. The lowest BCUT2D eigenvalue weighted by Gasteiger charge is -2.29. The van der Waals surface area contributed by atoms with E-state index in [-0.39, 0.29) is 0 Å². The molecule has 0 radical (unpaired) electrons. The Morgan fingerprint density at radius 2 is 2.35 bits per heavy atom. The van der Waals surface area contributed by atoms with Gasteiger partial charge in [0.05, 0.1) is 6.54 Å². The van der Waals surface area contributed by atoms with Crippen molar-refractivity contribution in [2.45, 2.75) is 45.7 Å². The molecule has 2 heterocycles. The third-order valence-electron chi connectivity index (χ3n) is 3.27. The van der Waals surface area contributed by atoms with Crippen LogP contribution in [0.25, 0.3) is 0 Å². The van der Waals surface area contributed by atoms with Crippen molar-refractivity contribution in [1.29, 1.82) is 0 Å². The van der Waals surface area contributed by atoms with Gasteiger partial charge in [0.2, 0.25) is 5.89 Å². The van der Waals surface area contributed by atoms with Gasteiger partial charge < -0.3 is 9.84 Å². The van der Waals surface area contributed by atoms with E-state index in [0.29, 0.717) is 11.9 Å². The number of aromatic nitrogens is 2. The summed E-state index contributed by atoms with van der Waals surface area (Å²) in [6.45, 7) is 8.02. The monoisotopic (exact) mass is 238 g/mol. The second kappa shape index (κ2) is 6.12. The maximum atomic E-state index is 5.16. The molecule has 1 N–H and O–H groups in total. The van der Waals surface area contributed by atoms with E-state index in [0.717, 1.165) is 32.1 Å². The number of hydrogen-bond donors (Lipinski definition) is 1. The van der Waals surface area contributed by atoms with Crippen LogP contribution < -0.4 is 5.32 Å². The molecule has 1 fully saturated rings. The van der Waals surface area contributed by atoms with Crippen molar-refractivity contribution in [1.82, 2.24) is 20.4 Å². The standard InChI is InChI=1S/C12H22N4O/c1-3-16(8-11-6-4-5-7-13-11)9-12-14-10(2)15-17-12/h11,13H,3-9H2,1-2H3. The van der Waals surface area contributed by atoms with Gasteiger partial charge in [0.25, 0.3) is 0 Å². The number of nitrogens with one attached hydrogen (secondary N) is 1. The van der Waals surface area contributed by atoms with Crippen LogP contribution in [0.15, 0.2) is 4.52 Å². The second-order valence-corrected chi connectivity index (χ2v) is 4.71. The average Bonchev–Trinajstić information content (AvgIpc) is 2.75. The smallest absolute Gasteiger partial charge is 0.240 e. The SMILES string of the molecule is CCN(Cc1nc(C)no1)CC1CCCCN1. The average molecular weight is 238 g/mol. The first-order valence-corrected chi connectivity index (χ1v) is 6.53. The van der Waals surface area contributed by atoms with Crippen LogP contribution in [0.2, 0.25) is 0 Å². The fourth-order valence-corrected chi connectivity index (χ4v) is 2.29. The lowest BCUT2D eigenvalue weighted by molar-refractivity contribution is 0.201. The van der Waals surface area contributed by atoms with Crippen molar-refractivity contribution in [2.24, 2.45) is 0 Å². The molecule has 17 heavy (non-hydrogen) atoms. The third-order valence-corrected chi connectivity index (χ3v) is 3.27. The highest BCUT2D eigenvalue weighted by Crippen LogP contribution is 2.10. The Morgan fingerprint density at radius 3 is 2.94 bits per heavy atom. The quantitative estimate of drug-likeness (QED) is 0.839. The molecule has 1 atom stereocenters. The molecular formula is C12H22N4O. The number of aryl methyl sites for hydroxylation is 1. The minimum absolute atomic E-state index is 0.618. The van der Waals surface area contributed by atoms with Gasteiger partial charge >= 0.3 is 0 Å². The summed E-state index contributed by atoms with van der Waals surface area (Å²) in [5, 5.41) is 7.39. The van der Waals surface area contributed by atoms with Gasteiger partial charge in [-0.3, -0.25) is 4.90 Å². The summed E-state index contributed by atoms with van der Waals surface area (Å²) in [7, 11) is 0. The summed E-state index contributed by atoms with van der Waals surface area (Å²) in [5.74, 6) is 1.44. The second-order valence-electron chi connectivity index (χ2n) is 4.71. The first kappa shape index (κ1) is 12.5. The topological polar surface area (TPSA) is 54.2 Å². The molecule has 1 aromatic heterocycles. The summed E-state index contributed by atoms with van der Waals surface area (Å²) in [6, 6.07) is 0.618.